The Morgan fingerprint density at radius 3 is 1.76 bits per heavy atom. The predicted molar refractivity (Wildman–Crippen MR) is 94.1 cm³/mol. The van der Waals surface area contributed by atoms with Crippen molar-refractivity contribution in [2.75, 3.05) is 0 Å². The monoisotopic (exact) mass is 298 g/mol. The first-order chi connectivity index (χ1) is 9.73. The first kappa shape index (κ1) is 15.9. The van der Waals surface area contributed by atoms with Crippen LogP contribution in [0.3, 0.4) is 0 Å². The van der Waals surface area contributed by atoms with Crippen LogP contribution >= 0.6 is 9.24 Å². The second-order valence-corrected chi connectivity index (χ2v) is 6.60. The number of hydrogen-bond donors (Lipinski definition) is 0. The Morgan fingerprint density at radius 2 is 1.24 bits per heavy atom. The van der Waals surface area contributed by atoms with Gasteiger partial charge in [0.25, 0.3) is 0 Å². The molecule has 0 saturated carbocycles. The summed E-state index contributed by atoms with van der Waals surface area (Å²) >= 11 is 0. The average molecular weight is 298 g/mol. The van der Waals surface area contributed by atoms with E-state index in [4.69, 9.17) is 0 Å². The summed E-state index contributed by atoms with van der Waals surface area (Å²) < 4.78 is 0. The van der Waals surface area contributed by atoms with Crippen molar-refractivity contribution in [1.82, 2.24) is 0 Å². The van der Waals surface area contributed by atoms with Crippen molar-refractivity contribution in [1.29, 1.82) is 0 Å². The summed E-state index contributed by atoms with van der Waals surface area (Å²) in [6.07, 6.45) is 0. The lowest BCUT2D eigenvalue weighted by molar-refractivity contribution is 0.103. The second kappa shape index (κ2) is 5.73. The van der Waals surface area contributed by atoms with Crippen molar-refractivity contribution < 1.29 is 4.79 Å². The normalized spacial score (nSPS) is 10.8. The lowest BCUT2D eigenvalue weighted by Crippen LogP contribution is -2.16. The predicted octanol–water partition coefficient (Wildman–Crippen LogP) is 4.27. The highest BCUT2D eigenvalue weighted by atomic mass is 31.0. The first-order valence-electron chi connectivity index (χ1n) is 7.22. The lowest BCUT2D eigenvalue weighted by Gasteiger charge is -2.16. The van der Waals surface area contributed by atoms with Gasteiger partial charge < -0.3 is 0 Å². The summed E-state index contributed by atoms with van der Waals surface area (Å²) in [6, 6.07) is 6.27. The summed E-state index contributed by atoms with van der Waals surface area (Å²) in [7, 11) is 2.76. The zero-order chi connectivity index (χ0) is 15.9. The number of carbonyl (C=O) groups excluding carboxylic acids is 1. The summed E-state index contributed by atoms with van der Waals surface area (Å²) in [4.78, 5) is 13.1. The van der Waals surface area contributed by atoms with Crippen molar-refractivity contribution in [2.45, 2.75) is 41.5 Å². The molecule has 110 valence electrons. The molecule has 0 heterocycles. The SMILES string of the molecule is Cc1cc(C)c(C(=O)c2c(C)cc(C)c(P)c2C)c(C)c1. The summed E-state index contributed by atoms with van der Waals surface area (Å²) in [5, 5.41) is 1.13. The Bertz CT molecular complexity index is 719. The van der Waals surface area contributed by atoms with Crippen molar-refractivity contribution in [3.8, 4) is 0 Å². The Kier molecular flexibility index (Phi) is 4.35. The van der Waals surface area contributed by atoms with Gasteiger partial charge in [0.05, 0.1) is 0 Å². The highest BCUT2D eigenvalue weighted by Gasteiger charge is 2.20. The number of ketones is 1. The molecule has 2 rings (SSSR count). The van der Waals surface area contributed by atoms with Gasteiger partial charge in [-0.05, 0) is 74.7 Å². The van der Waals surface area contributed by atoms with Crippen LogP contribution in [0.4, 0.5) is 0 Å². The van der Waals surface area contributed by atoms with Gasteiger partial charge in [-0.3, -0.25) is 4.79 Å². The molecule has 0 radical (unpaired) electrons. The maximum Gasteiger partial charge on any atom is 0.194 e. The standard InChI is InChI=1S/C19H23OP/c1-10-7-11(2)16(12(3)8-10)18(20)17-13(4)9-14(5)19(21)15(17)6/h7-9H,21H2,1-6H3. The van der Waals surface area contributed by atoms with Gasteiger partial charge in [0.2, 0.25) is 0 Å². The van der Waals surface area contributed by atoms with Crippen LogP contribution in [0.5, 0.6) is 0 Å². The summed E-state index contributed by atoms with van der Waals surface area (Å²) in [6.45, 7) is 12.3. The lowest BCUT2D eigenvalue weighted by atomic mass is 9.88. The molecule has 21 heavy (non-hydrogen) atoms. The molecule has 0 saturated heterocycles. The molecule has 0 bridgehead atoms. The molecule has 2 aromatic carbocycles. The van der Waals surface area contributed by atoms with E-state index >= 15 is 0 Å². The third-order valence-corrected chi connectivity index (χ3v) is 5.05. The van der Waals surface area contributed by atoms with E-state index in [2.05, 4.69) is 41.3 Å². The minimum atomic E-state index is 0.142. The second-order valence-electron chi connectivity index (χ2n) is 6.03. The Labute approximate surface area is 130 Å². The van der Waals surface area contributed by atoms with Crippen LogP contribution in [0.25, 0.3) is 0 Å². The van der Waals surface area contributed by atoms with E-state index in [-0.39, 0.29) is 5.78 Å². The van der Waals surface area contributed by atoms with E-state index in [1.807, 2.05) is 27.7 Å². The molecule has 0 aliphatic rings. The molecule has 0 aromatic heterocycles. The van der Waals surface area contributed by atoms with Gasteiger partial charge in [0.1, 0.15) is 0 Å². The van der Waals surface area contributed by atoms with Crippen LogP contribution in [0, 0.1) is 41.5 Å². The molecular weight excluding hydrogens is 275 g/mol. The zero-order valence-corrected chi connectivity index (χ0v) is 14.9. The Hall–Kier alpha value is -1.46. The molecule has 1 unspecified atom stereocenters. The molecule has 0 amide bonds. The van der Waals surface area contributed by atoms with E-state index in [1.165, 1.54) is 11.1 Å². The molecule has 2 heteroatoms. The maximum absolute atomic E-state index is 13.1. The Balaban J connectivity index is 2.70. The van der Waals surface area contributed by atoms with Gasteiger partial charge in [-0.2, -0.15) is 0 Å². The number of carbonyl (C=O) groups is 1. The van der Waals surface area contributed by atoms with Gasteiger partial charge in [-0.25, -0.2) is 0 Å². The fourth-order valence-electron chi connectivity index (χ4n) is 3.21. The molecule has 0 N–H and O–H groups in total. The third kappa shape index (κ3) is 2.80. The number of aryl methyl sites for hydroxylation is 5. The molecule has 0 aliphatic heterocycles. The maximum atomic E-state index is 13.1. The smallest absolute Gasteiger partial charge is 0.194 e. The molecule has 0 spiro atoms. The summed E-state index contributed by atoms with van der Waals surface area (Å²) in [5.74, 6) is 0.142. The minimum absolute atomic E-state index is 0.142. The van der Waals surface area contributed by atoms with E-state index in [1.54, 1.807) is 0 Å². The average Bonchev–Trinajstić information content (AvgIpc) is 2.34. The number of hydrogen-bond acceptors (Lipinski definition) is 1. The number of benzene rings is 2. The first-order valence-corrected chi connectivity index (χ1v) is 7.80. The van der Waals surface area contributed by atoms with Crippen LogP contribution in [0.1, 0.15) is 49.3 Å². The summed E-state index contributed by atoms with van der Waals surface area (Å²) in [5.41, 5.74) is 8.35. The largest absolute Gasteiger partial charge is 0.289 e. The van der Waals surface area contributed by atoms with Crippen LogP contribution in [0.2, 0.25) is 0 Å². The van der Waals surface area contributed by atoms with Crippen LogP contribution in [-0.2, 0) is 0 Å². The van der Waals surface area contributed by atoms with Gasteiger partial charge >= 0.3 is 0 Å². The van der Waals surface area contributed by atoms with E-state index < -0.39 is 0 Å². The molecular formula is C19H23OP. The van der Waals surface area contributed by atoms with E-state index in [0.29, 0.717) is 0 Å². The molecule has 2 aromatic rings. The van der Waals surface area contributed by atoms with Crippen molar-refractivity contribution >= 4 is 20.3 Å². The molecule has 1 nitrogen and oxygen atoms in total. The van der Waals surface area contributed by atoms with E-state index in [9.17, 15) is 4.79 Å². The van der Waals surface area contributed by atoms with Gasteiger partial charge in [0, 0.05) is 11.1 Å². The fraction of sp³-hybridized carbons (Fsp3) is 0.316. The third-order valence-electron chi connectivity index (χ3n) is 4.16. The van der Waals surface area contributed by atoms with Crippen LogP contribution in [-0.4, -0.2) is 5.78 Å². The van der Waals surface area contributed by atoms with Crippen molar-refractivity contribution in [2.24, 2.45) is 0 Å². The zero-order valence-electron chi connectivity index (χ0n) is 13.7. The van der Waals surface area contributed by atoms with Crippen LogP contribution < -0.4 is 5.30 Å². The minimum Gasteiger partial charge on any atom is -0.289 e. The van der Waals surface area contributed by atoms with Gasteiger partial charge in [-0.1, -0.05) is 23.8 Å². The molecule has 0 aliphatic carbocycles. The Morgan fingerprint density at radius 1 is 0.762 bits per heavy atom. The van der Waals surface area contributed by atoms with Crippen molar-refractivity contribution in [3.63, 3.8) is 0 Å². The van der Waals surface area contributed by atoms with E-state index in [0.717, 1.165) is 38.7 Å². The van der Waals surface area contributed by atoms with Gasteiger partial charge in [0.15, 0.2) is 5.78 Å². The van der Waals surface area contributed by atoms with Crippen LogP contribution in [0.15, 0.2) is 18.2 Å². The van der Waals surface area contributed by atoms with Gasteiger partial charge in [-0.15, -0.1) is 9.24 Å². The van der Waals surface area contributed by atoms with Crippen molar-refractivity contribution in [3.05, 3.63) is 62.7 Å². The highest BCUT2D eigenvalue weighted by Crippen LogP contribution is 2.25. The number of rotatable bonds is 2. The quantitative estimate of drug-likeness (QED) is 0.598. The topological polar surface area (TPSA) is 17.1 Å². The highest BCUT2D eigenvalue weighted by molar-refractivity contribution is 7.27. The molecule has 0 fully saturated rings. The molecule has 1 atom stereocenters. The fourth-order valence-corrected chi connectivity index (χ4v) is 3.44.